The number of carbonyl (C=O) groups is 1. The molecule has 1 heterocycles. The lowest BCUT2D eigenvalue weighted by molar-refractivity contribution is -0.113. The normalized spacial score (nSPS) is 11.5. The van der Waals surface area contributed by atoms with Gasteiger partial charge in [-0.15, -0.1) is 10.2 Å². The van der Waals surface area contributed by atoms with Gasteiger partial charge < -0.3 is 9.73 Å². The topological polar surface area (TPSA) is 68.0 Å². The second kappa shape index (κ2) is 8.49. The Hall–Kier alpha value is -2.12. The summed E-state index contributed by atoms with van der Waals surface area (Å²) in [6, 6.07) is 13.9. The van der Waals surface area contributed by atoms with Gasteiger partial charge in [-0.1, -0.05) is 50.7 Å². The van der Waals surface area contributed by atoms with Crippen molar-refractivity contribution in [1.82, 2.24) is 10.2 Å². The highest BCUT2D eigenvalue weighted by Crippen LogP contribution is 2.28. The highest BCUT2D eigenvalue weighted by atomic mass is 79.9. The molecule has 3 aromatic rings. The maximum absolute atomic E-state index is 12.2. The maximum atomic E-state index is 12.2. The Balaban J connectivity index is 1.59. The predicted octanol–water partition coefficient (Wildman–Crippen LogP) is 5.84. The van der Waals surface area contributed by atoms with E-state index in [0.717, 1.165) is 21.3 Å². The fourth-order valence-electron chi connectivity index (χ4n) is 2.53. The van der Waals surface area contributed by atoms with E-state index in [0.29, 0.717) is 11.1 Å². The molecule has 0 radical (unpaired) electrons. The Morgan fingerprint density at radius 2 is 1.86 bits per heavy atom. The molecule has 28 heavy (non-hydrogen) atoms. The van der Waals surface area contributed by atoms with Crippen LogP contribution in [-0.4, -0.2) is 21.9 Å². The Morgan fingerprint density at radius 3 is 2.50 bits per heavy atom. The zero-order valence-corrected chi connectivity index (χ0v) is 18.6. The summed E-state index contributed by atoms with van der Waals surface area (Å²) < 4.78 is 6.54. The number of nitrogens with zero attached hydrogens (tertiary/aromatic N) is 2. The van der Waals surface area contributed by atoms with Crippen LogP contribution in [0.2, 0.25) is 0 Å². The summed E-state index contributed by atoms with van der Waals surface area (Å²) in [4.78, 5) is 12.2. The van der Waals surface area contributed by atoms with E-state index >= 15 is 0 Å². The van der Waals surface area contributed by atoms with Crippen molar-refractivity contribution in [2.24, 2.45) is 0 Å². The first-order valence-electron chi connectivity index (χ1n) is 8.85. The lowest BCUT2D eigenvalue weighted by atomic mass is 9.87. The minimum atomic E-state index is -0.135. The van der Waals surface area contributed by atoms with Crippen molar-refractivity contribution < 1.29 is 9.21 Å². The monoisotopic (exact) mass is 459 g/mol. The fraction of sp³-hybridized carbons (Fsp3) is 0.286. The SMILES string of the molecule is Cc1ccc(NC(=O)CSc2nnc(-c3ccc(C(C)(C)C)cc3)o2)c(Br)c1. The molecule has 0 unspecified atom stereocenters. The molecule has 0 atom stereocenters. The van der Waals surface area contributed by atoms with Crippen LogP contribution in [0.15, 0.2) is 56.6 Å². The van der Waals surface area contributed by atoms with Crippen molar-refractivity contribution in [3.05, 3.63) is 58.1 Å². The lowest BCUT2D eigenvalue weighted by Crippen LogP contribution is -2.14. The van der Waals surface area contributed by atoms with E-state index in [-0.39, 0.29) is 17.1 Å². The molecular formula is C21H22BrN3O2S. The van der Waals surface area contributed by atoms with Crippen LogP contribution in [0, 0.1) is 6.92 Å². The molecule has 5 nitrogen and oxygen atoms in total. The number of hydrogen-bond donors (Lipinski definition) is 1. The molecule has 0 bridgehead atoms. The second-order valence-electron chi connectivity index (χ2n) is 7.52. The van der Waals surface area contributed by atoms with Gasteiger partial charge in [0.15, 0.2) is 0 Å². The molecule has 7 heteroatoms. The van der Waals surface area contributed by atoms with Crippen molar-refractivity contribution in [3.8, 4) is 11.5 Å². The van der Waals surface area contributed by atoms with Crippen LogP contribution < -0.4 is 5.32 Å². The Labute approximate surface area is 177 Å². The van der Waals surface area contributed by atoms with Crippen molar-refractivity contribution in [1.29, 1.82) is 0 Å². The number of hydrogen-bond acceptors (Lipinski definition) is 5. The zero-order chi connectivity index (χ0) is 20.3. The van der Waals surface area contributed by atoms with Gasteiger partial charge in [0.05, 0.1) is 11.4 Å². The smallest absolute Gasteiger partial charge is 0.277 e. The quantitative estimate of drug-likeness (QED) is 0.485. The van der Waals surface area contributed by atoms with E-state index in [9.17, 15) is 4.79 Å². The van der Waals surface area contributed by atoms with Crippen LogP contribution in [0.4, 0.5) is 5.69 Å². The number of thioether (sulfide) groups is 1. The van der Waals surface area contributed by atoms with Gasteiger partial charge in [-0.3, -0.25) is 4.79 Å². The van der Waals surface area contributed by atoms with E-state index in [1.54, 1.807) is 0 Å². The van der Waals surface area contributed by atoms with Gasteiger partial charge in [0.25, 0.3) is 5.22 Å². The summed E-state index contributed by atoms with van der Waals surface area (Å²) in [5, 5.41) is 11.4. The first-order valence-corrected chi connectivity index (χ1v) is 10.6. The van der Waals surface area contributed by atoms with E-state index in [1.807, 2.05) is 37.3 Å². The summed E-state index contributed by atoms with van der Waals surface area (Å²) in [7, 11) is 0. The molecule has 0 aliphatic rings. The molecular weight excluding hydrogens is 438 g/mol. The number of nitrogens with one attached hydrogen (secondary N) is 1. The van der Waals surface area contributed by atoms with Crippen LogP contribution in [0.3, 0.4) is 0 Å². The van der Waals surface area contributed by atoms with Crippen molar-refractivity contribution in [2.45, 2.75) is 38.3 Å². The average molecular weight is 460 g/mol. The third kappa shape index (κ3) is 5.23. The molecule has 146 valence electrons. The highest BCUT2D eigenvalue weighted by Gasteiger charge is 2.15. The minimum Gasteiger partial charge on any atom is -0.411 e. The van der Waals surface area contributed by atoms with E-state index in [2.05, 4.69) is 64.3 Å². The predicted molar refractivity (Wildman–Crippen MR) is 117 cm³/mol. The first-order chi connectivity index (χ1) is 13.2. The molecule has 1 aromatic heterocycles. The summed E-state index contributed by atoms with van der Waals surface area (Å²) >= 11 is 4.67. The molecule has 0 aliphatic carbocycles. The standard InChI is InChI=1S/C21H22BrN3O2S/c1-13-5-10-17(16(22)11-13)23-18(26)12-28-20-25-24-19(27-20)14-6-8-15(9-7-14)21(2,3)4/h5-11H,12H2,1-4H3,(H,23,26). The molecule has 0 fully saturated rings. The lowest BCUT2D eigenvalue weighted by Gasteiger charge is -2.18. The van der Waals surface area contributed by atoms with Crippen molar-refractivity contribution >= 4 is 39.3 Å². The summed E-state index contributed by atoms with van der Waals surface area (Å²) in [5.74, 6) is 0.499. The van der Waals surface area contributed by atoms with Gasteiger partial charge in [0.1, 0.15) is 0 Å². The van der Waals surface area contributed by atoms with Gasteiger partial charge >= 0.3 is 0 Å². The number of benzene rings is 2. The Morgan fingerprint density at radius 1 is 1.14 bits per heavy atom. The Kier molecular flexibility index (Phi) is 6.25. The highest BCUT2D eigenvalue weighted by molar-refractivity contribution is 9.10. The van der Waals surface area contributed by atoms with Gasteiger partial charge in [-0.2, -0.15) is 0 Å². The number of rotatable bonds is 5. The van der Waals surface area contributed by atoms with E-state index in [1.165, 1.54) is 17.3 Å². The second-order valence-corrected chi connectivity index (χ2v) is 9.30. The van der Waals surface area contributed by atoms with E-state index in [4.69, 9.17) is 4.42 Å². The number of aryl methyl sites for hydroxylation is 1. The fourth-order valence-corrected chi connectivity index (χ4v) is 3.69. The summed E-state index contributed by atoms with van der Waals surface area (Å²) in [6.45, 7) is 8.51. The molecule has 0 saturated heterocycles. The number of anilines is 1. The molecule has 0 spiro atoms. The summed E-state index contributed by atoms with van der Waals surface area (Å²) in [5.41, 5.74) is 4.05. The number of amides is 1. The van der Waals surface area contributed by atoms with E-state index < -0.39 is 0 Å². The van der Waals surface area contributed by atoms with Crippen LogP contribution >= 0.6 is 27.7 Å². The molecule has 2 aromatic carbocycles. The maximum Gasteiger partial charge on any atom is 0.277 e. The van der Waals surface area contributed by atoms with Crippen LogP contribution in [0.1, 0.15) is 31.9 Å². The third-order valence-electron chi connectivity index (χ3n) is 4.13. The Bertz CT molecular complexity index is 978. The molecule has 3 rings (SSSR count). The average Bonchev–Trinajstić information content (AvgIpc) is 3.11. The first kappa shape index (κ1) is 20.6. The number of carbonyl (C=O) groups excluding carboxylic acids is 1. The minimum absolute atomic E-state index is 0.0915. The van der Waals surface area contributed by atoms with Gasteiger partial charge in [-0.05, 0) is 63.7 Å². The van der Waals surface area contributed by atoms with Gasteiger partial charge in [-0.25, -0.2) is 0 Å². The molecule has 0 saturated carbocycles. The molecule has 1 N–H and O–H groups in total. The molecule has 1 amide bonds. The van der Waals surface area contributed by atoms with Crippen LogP contribution in [0.5, 0.6) is 0 Å². The third-order valence-corrected chi connectivity index (χ3v) is 5.60. The van der Waals surface area contributed by atoms with Gasteiger partial charge in [0.2, 0.25) is 11.8 Å². The number of aromatic nitrogens is 2. The van der Waals surface area contributed by atoms with Crippen molar-refractivity contribution in [3.63, 3.8) is 0 Å². The van der Waals surface area contributed by atoms with Crippen LogP contribution in [-0.2, 0) is 10.2 Å². The largest absolute Gasteiger partial charge is 0.411 e. The number of halogens is 1. The zero-order valence-electron chi connectivity index (χ0n) is 16.2. The van der Waals surface area contributed by atoms with Crippen LogP contribution in [0.25, 0.3) is 11.5 Å². The summed E-state index contributed by atoms with van der Waals surface area (Å²) in [6.07, 6.45) is 0. The molecule has 0 aliphatic heterocycles. The van der Waals surface area contributed by atoms with Crippen molar-refractivity contribution in [2.75, 3.05) is 11.1 Å². The van der Waals surface area contributed by atoms with Gasteiger partial charge in [0, 0.05) is 10.0 Å².